The monoisotopic (exact) mass is 272 g/mol. The van der Waals surface area contributed by atoms with Crippen molar-refractivity contribution in [2.24, 2.45) is 10.9 Å². The number of nitrogens with one attached hydrogen (secondary N) is 2. The molecule has 0 fully saturated rings. The standard InChI is InChI=1S/C9H12N4O4S/c10-9(11)13-7(6-4-2-1-3-5-6)8(14)17-18(12,15)16/h1-5,7H,(H4,10,11,13)(H2,12,15,16). The summed E-state index contributed by atoms with van der Waals surface area (Å²) in [6.07, 6.45) is 0. The van der Waals surface area contributed by atoms with Crippen LogP contribution >= 0.6 is 0 Å². The lowest BCUT2D eigenvalue weighted by molar-refractivity contribution is -0.136. The van der Waals surface area contributed by atoms with Crippen molar-refractivity contribution in [3.63, 3.8) is 0 Å². The Balaban J connectivity index is 2.99. The van der Waals surface area contributed by atoms with E-state index in [1.807, 2.05) is 0 Å². The summed E-state index contributed by atoms with van der Waals surface area (Å²) in [6, 6.07) is 6.85. The Morgan fingerprint density at radius 2 is 1.89 bits per heavy atom. The minimum Gasteiger partial charge on any atom is -0.370 e. The Hall–Kier alpha value is -2.13. The molecule has 9 heteroatoms. The van der Waals surface area contributed by atoms with Crippen molar-refractivity contribution in [2.75, 3.05) is 0 Å². The number of nitrogens with two attached hydrogens (primary N) is 2. The summed E-state index contributed by atoms with van der Waals surface area (Å²) in [5.74, 6) is -1.67. The molecule has 0 saturated carbocycles. The maximum atomic E-state index is 11.6. The molecule has 0 aliphatic carbocycles. The number of carbonyl (C=O) groups is 1. The Bertz CT molecular complexity index is 543. The topological polar surface area (TPSA) is 148 Å². The van der Waals surface area contributed by atoms with Gasteiger partial charge in [0.05, 0.1) is 0 Å². The highest BCUT2D eigenvalue weighted by molar-refractivity contribution is 7.84. The third kappa shape index (κ3) is 4.39. The second kappa shape index (κ2) is 5.47. The van der Waals surface area contributed by atoms with E-state index in [9.17, 15) is 13.2 Å². The minimum absolute atomic E-state index is 0.390. The van der Waals surface area contributed by atoms with Crippen LogP contribution in [0.15, 0.2) is 30.3 Å². The van der Waals surface area contributed by atoms with Crippen LogP contribution in [0.2, 0.25) is 0 Å². The van der Waals surface area contributed by atoms with Crippen LogP contribution in [0, 0.1) is 5.41 Å². The molecule has 0 radical (unpaired) electrons. The van der Waals surface area contributed by atoms with Gasteiger partial charge in [-0.05, 0) is 5.56 Å². The van der Waals surface area contributed by atoms with Crippen molar-refractivity contribution in [2.45, 2.75) is 6.04 Å². The molecule has 1 rings (SSSR count). The Labute approximate surface area is 104 Å². The summed E-state index contributed by atoms with van der Waals surface area (Å²) in [6.45, 7) is 0. The van der Waals surface area contributed by atoms with Crippen LogP contribution in [0.3, 0.4) is 0 Å². The lowest BCUT2D eigenvalue weighted by Gasteiger charge is -2.16. The molecule has 0 amide bonds. The minimum atomic E-state index is -4.41. The lowest BCUT2D eigenvalue weighted by atomic mass is 10.1. The van der Waals surface area contributed by atoms with E-state index in [4.69, 9.17) is 11.1 Å². The second-order valence-electron chi connectivity index (χ2n) is 3.30. The predicted octanol–water partition coefficient (Wildman–Crippen LogP) is -1.04. The summed E-state index contributed by atoms with van der Waals surface area (Å²) >= 11 is 0. The van der Waals surface area contributed by atoms with Gasteiger partial charge in [-0.25, -0.2) is 4.79 Å². The van der Waals surface area contributed by atoms with Crippen LogP contribution in [-0.4, -0.2) is 20.3 Å². The molecule has 1 atom stereocenters. The molecule has 0 spiro atoms. The van der Waals surface area contributed by atoms with Crippen LogP contribution in [0.4, 0.5) is 0 Å². The first-order chi connectivity index (χ1) is 8.29. The van der Waals surface area contributed by atoms with E-state index in [2.05, 4.69) is 14.6 Å². The number of carbonyl (C=O) groups excluding carboxylic acids is 1. The molecule has 1 unspecified atom stereocenters. The average molecular weight is 272 g/mol. The molecular weight excluding hydrogens is 260 g/mol. The van der Waals surface area contributed by atoms with Crippen molar-refractivity contribution in [3.8, 4) is 0 Å². The third-order valence-corrected chi connectivity index (χ3v) is 2.26. The summed E-state index contributed by atoms with van der Waals surface area (Å²) < 4.78 is 25.4. The van der Waals surface area contributed by atoms with E-state index in [-0.39, 0.29) is 0 Å². The number of hydrogen-bond donors (Lipinski definition) is 4. The molecule has 0 heterocycles. The van der Waals surface area contributed by atoms with Crippen molar-refractivity contribution in [1.29, 1.82) is 5.41 Å². The molecule has 0 aliphatic heterocycles. The van der Waals surface area contributed by atoms with Gasteiger partial charge in [-0.1, -0.05) is 30.3 Å². The quantitative estimate of drug-likeness (QED) is 0.406. The zero-order chi connectivity index (χ0) is 13.8. The smallest absolute Gasteiger partial charge is 0.370 e. The van der Waals surface area contributed by atoms with Crippen LogP contribution in [0.25, 0.3) is 0 Å². The summed E-state index contributed by atoms with van der Waals surface area (Å²) in [5, 5.41) is 14.0. The number of guanidine groups is 1. The third-order valence-electron chi connectivity index (χ3n) is 1.87. The Morgan fingerprint density at radius 1 is 1.33 bits per heavy atom. The van der Waals surface area contributed by atoms with Crippen LogP contribution in [0.1, 0.15) is 11.6 Å². The van der Waals surface area contributed by atoms with Gasteiger partial charge in [0.15, 0.2) is 12.0 Å². The first-order valence-corrected chi connectivity index (χ1v) is 6.18. The van der Waals surface area contributed by atoms with Crippen LogP contribution < -0.4 is 16.2 Å². The number of hydrogen-bond acceptors (Lipinski definition) is 5. The molecule has 0 saturated heterocycles. The van der Waals surface area contributed by atoms with Crippen molar-refractivity contribution in [1.82, 2.24) is 5.32 Å². The zero-order valence-electron chi connectivity index (χ0n) is 9.16. The maximum absolute atomic E-state index is 11.6. The highest BCUT2D eigenvalue weighted by atomic mass is 32.2. The maximum Gasteiger partial charge on any atom is 0.382 e. The molecule has 18 heavy (non-hydrogen) atoms. The summed E-state index contributed by atoms with van der Waals surface area (Å²) in [4.78, 5) is 11.6. The second-order valence-corrected chi connectivity index (χ2v) is 4.45. The fraction of sp³-hybridized carbons (Fsp3) is 0.111. The van der Waals surface area contributed by atoms with Crippen LogP contribution in [-0.2, 0) is 19.3 Å². The van der Waals surface area contributed by atoms with Crippen molar-refractivity contribution in [3.05, 3.63) is 35.9 Å². The van der Waals surface area contributed by atoms with E-state index in [1.165, 1.54) is 0 Å². The average Bonchev–Trinajstić information content (AvgIpc) is 2.24. The van der Waals surface area contributed by atoms with Crippen molar-refractivity contribution >= 4 is 22.2 Å². The molecule has 1 aromatic rings. The van der Waals surface area contributed by atoms with E-state index in [0.29, 0.717) is 5.56 Å². The summed E-state index contributed by atoms with van der Waals surface area (Å²) in [7, 11) is -4.41. The van der Waals surface area contributed by atoms with Gasteiger partial charge in [-0.2, -0.15) is 13.6 Å². The fourth-order valence-corrected chi connectivity index (χ4v) is 1.57. The van der Waals surface area contributed by atoms with Gasteiger partial charge in [0.25, 0.3) is 0 Å². The molecule has 98 valence electrons. The van der Waals surface area contributed by atoms with E-state index in [1.54, 1.807) is 30.3 Å². The van der Waals surface area contributed by atoms with Gasteiger partial charge in [0, 0.05) is 0 Å². The molecule has 0 aromatic heterocycles. The molecule has 0 bridgehead atoms. The van der Waals surface area contributed by atoms with Gasteiger partial charge in [-0.3, -0.25) is 5.41 Å². The van der Waals surface area contributed by atoms with Gasteiger partial charge in [0.2, 0.25) is 0 Å². The summed E-state index contributed by atoms with van der Waals surface area (Å²) in [5.41, 5.74) is 5.51. The van der Waals surface area contributed by atoms with E-state index in [0.717, 1.165) is 0 Å². The van der Waals surface area contributed by atoms with E-state index >= 15 is 0 Å². The van der Waals surface area contributed by atoms with Gasteiger partial charge < -0.3 is 15.2 Å². The van der Waals surface area contributed by atoms with Crippen LogP contribution in [0.5, 0.6) is 0 Å². The van der Waals surface area contributed by atoms with Gasteiger partial charge in [-0.15, -0.1) is 0 Å². The molecule has 8 nitrogen and oxygen atoms in total. The zero-order valence-corrected chi connectivity index (χ0v) is 9.98. The Morgan fingerprint density at radius 3 is 2.33 bits per heavy atom. The SMILES string of the molecule is N=C(N)NC(C(=O)OS(N)(=O)=O)c1ccccc1. The van der Waals surface area contributed by atoms with E-state index < -0.39 is 28.3 Å². The predicted molar refractivity (Wildman–Crippen MR) is 63.4 cm³/mol. The fourth-order valence-electron chi connectivity index (χ4n) is 1.24. The van der Waals surface area contributed by atoms with Crippen molar-refractivity contribution < 1.29 is 17.4 Å². The largest absolute Gasteiger partial charge is 0.382 e. The number of rotatable bonds is 4. The number of benzene rings is 1. The van der Waals surface area contributed by atoms with Gasteiger partial charge in [0.1, 0.15) is 0 Å². The Kier molecular flexibility index (Phi) is 4.23. The first kappa shape index (κ1) is 13.9. The molecule has 6 N–H and O–H groups in total. The lowest BCUT2D eigenvalue weighted by Crippen LogP contribution is -2.40. The highest BCUT2D eigenvalue weighted by Crippen LogP contribution is 2.14. The molecular formula is C9H12N4O4S. The first-order valence-electron chi connectivity index (χ1n) is 4.71. The highest BCUT2D eigenvalue weighted by Gasteiger charge is 2.25. The molecule has 1 aromatic carbocycles. The molecule has 0 aliphatic rings. The normalized spacial score (nSPS) is 12.5. The van der Waals surface area contributed by atoms with Gasteiger partial charge >= 0.3 is 16.3 Å².